The first-order valence-corrected chi connectivity index (χ1v) is 11.1. The molecule has 1 aromatic heterocycles. The second-order valence-electron chi connectivity index (χ2n) is 6.13. The van der Waals surface area contributed by atoms with E-state index in [9.17, 15) is 4.79 Å². The Morgan fingerprint density at radius 1 is 0.931 bits per heavy atom. The molecule has 29 heavy (non-hydrogen) atoms. The minimum absolute atomic E-state index is 0.151. The van der Waals surface area contributed by atoms with E-state index in [-0.39, 0.29) is 5.91 Å². The highest BCUT2D eigenvalue weighted by Gasteiger charge is 2.13. The number of amides is 1. The Morgan fingerprint density at radius 2 is 1.62 bits per heavy atom. The number of carbonyl (C=O) groups is 1. The lowest BCUT2D eigenvalue weighted by Crippen LogP contribution is -2.12. The van der Waals surface area contributed by atoms with Crippen LogP contribution < -0.4 is 10.1 Å². The summed E-state index contributed by atoms with van der Waals surface area (Å²) in [5, 5.41) is 5.41. The predicted octanol–water partition coefficient (Wildman–Crippen LogP) is 6.58. The number of thioether (sulfide) groups is 1. The molecule has 0 aliphatic carbocycles. The van der Waals surface area contributed by atoms with Gasteiger partial charge in [-0.2, -0.15) is 0 Å². The first-order chi connectivity index (χ1) is 14.2. The predicted molar refractivity (Wildman–Crippen MR) is 120 cm³/mol. The van der Waals surface area contributed by atoms with E-state index in [4.69, 9.17) is 4.74 Å². The number of aromatic nitrogens is 1. The SMILES string of the molecule is CSc1ccccc1C(=O)Nc1nc(-c2ccc(Oc3ccccc3)cc2)cs1. The van der Waals surface area contributed by atoms with Crippen molar-refractivity contribution in [2.24, 2.45) is 0 Å². The number of ether oxygens (including phenoxy) is 1. The van der Waals surface area contributed by atoms with Gasteiger partial charge in [0.25, 0.3) is 5.91 Å². The van der Waals surface area contributed by atoms with Crippen molar-refractivity contribution in [1.82, 2.24) is 4.98 Å². The van der Waals surface area contributed by atoms with Gasteiger partial charge in [0.2, 0.25) is 0 Å². The van der Waals surface area contributed by atoms with E-state index >= 15 is 0 Å². The van der Waals surface area contributed by atoms with Crippen molar-refractivity contribution in [2.75, 3.05) is 11.6 Å². The van der Waals surface area contributed by atoms with Crippen molar-refractivity contribution >= 4 is 34.1 Å². The summed E-state index contributed by atoms with van der Waals surface area (Å²) in [6, 6.07) is 24.9. The highest BCUT2D eigenvalue weighted by Crippen LogP contribution is 2.29. The normalized spacial score (nSPS) is 10.5. The smallest absolute Gasteiger partial charge is 0.258 e. The topological polar surface area (TPSA) is 51.2 Å². The Labute approximate surface area is 177 Å². The van der Waals surface area contributed by atoms with Gasteiger partial charge in [0.1, 0.15) is 11.5 Å². The summed E-state index contributed by atoms with van der Waals surface area (Å²) in [5.41, 5.74) is 2.43. The van der Waals surface area contributed by atoms with Crippen molar-refractivity contribution in [1.29, 1.82) is 0 Å². The second-order valence-corrected chi connectivity index (χ2v) is 7.84. The number of para-hydroxylation sites is 1. The van der Waals surface area contributed by atoms with Gasteiger partial charge in [-0.25, -0.2) is 4.98 Å². The molecule has 4 aromatic rings. The summed E-state index contributed by atoms with van der Waals surface area (Å²) in [4.78, 5) is 18.1. The summed E-state index contributed by atoms with van der Waals surface area (Å²) in [6.07, 6.45) is 1.96. The summed E-state index contributed by atoms with van der Waals surface area (Å²) in [5.74, 6) is 1.41. The number of benzene rings is 3. The molecule has 0 atom stereocenters. The Hall–Kier alpha value is -3.09. The minimum atomic E-state index is -0.151. The third kappa shape index (κ3) is 4.67. The van der Waals surface area contributed by atoms with Crippen LogP contribution in [0.4, 0.5) is 5.13 Å². The number of rotatable bonds is 6. The number of carbonyl (C=O) groups excluding carboxylic acids is 1. The van der Waals surface area contributed by atoms with Gasteiger partial charge in [0, 0.05) is 15.8 Å². The van der Waals surface area contributed by atoms with Crippen LogP contribution in [0.15, 0.2) is 89.1 Å². The van der Waals surface area contributed by atoms with E-state index in [0.29, 0.717) is 10.7 Å². The van der Waals surface area contributed by atoms with E-state index in [1.807, 2.05) is 90.5 Å². The zero-order valence-corrected chi connectivity index (χ0v) is 17.3. The number of nitrogens with zero attached hydrogens (tertiary/aromatic N) is 1. The molecule has 4 rings (SSSR count). The molecule has 4 nitrogen and oxygen atoms in total. The molecule has 0 saturated carbocycles. The summed E-state index contributed by atoms with van der Waals surface area (Å²) >= 11 is 2.96. The van der Waals surface area contributed by atoms with Gasteiger partial charge in [0.05, 0.1) is 11.3 Å². The lowest BCUT2D eigenvalue weighted by molar-refractivity contribution is 0.102. The van der Waals surface area contributed by atoms with Gasteiger partial charge in [-0.1, -0.05) is 30.3 Å². The summed E-state index contributed by atoms with van der Waals surface area (Å²) < 4.78 is 5.82. The molecular formula is C23H18N2O2S2. The van der Waals surface area contributed by atoms with E-state index in [0.717, 1.165) is 27.7 Å². The summed E-state index contributed by atoms with van der Waals surface area (Å²) in [7, 11) is 0. The van der Waals surface area contributed by atoms with Crippen LogP contribution in [0.2, 0.25) is 0 Å². The number of hydrogen-bond donors (Lipinski definition) is 1. The zero-order chi connectivity index (χ0) is 20.1. The molecule has 0 fully saturated rings. The molecule has 0 radical (unpaired) electrons. The van der Waals surface area contributed by atoms with Crippen molar-refractivity contribution in [2.45, 2.75) is 4.90 Å². The first-order valence-electron chi connectivity index (χ1n) is 8.96. The Kier molecular flexibility index (Phi) is 5.93. The van der Waals surface area contributed by atoms with Crippen LogP contribution in [-0.2, 0) is 0 Å². The molecule has 0 saturated heterocycles. The highest BCUT2D eigenvalue weighted by molar-refractivity contribution is 7.98. The van der Waals surface area contributed by atoms with Gasteiger partial charge in [-0.15, -0.1) is 23.1 Å². The lowest BCUT2D eigenvalue weighted by Gasteiger charge is -2.06. The zero-order valence-electron chi connectivity index (χ0n) is 15.7. The average Bonchev–Trinajstić information content (AvgIpc) is 3.23. The minimum Gasteiger partial charge on any atom is -0.457 e. The molecule has 0 aliphatic rings. The molecule has 1 amide bonds. The number of hydrogen-bond acceptors (Lipinski definition) is 5. The van der Waals surface area contributed by atoms with Gasteiger partial charge < -0.3 is 4.74 Å². The van der Waals surface area contributed by atoms with Gasteiger partial charge in [-0.05, 0) is 54.8 Å². The maximum Gasteiger partial charge on any atom is 0.258 e. The molecule has 0 unspecified atom stereocenters. The molecule has 144 valence electrons. The van der Waals surface area contributed by atoms with Crippen molar-refractivity contribution in [3.05, 3.63) is 89.8 Å². The average molecular weight is 419 g/mol. The van der Waals surface area contributed by atoms with Gasteiger partial charge in [0.15, 0.2) is 5.13 Å². The number of thiazole rings is 1. The second kappa shape index (κ2) is 8.94. The Morgan fingerprint density at radius 3 is 2.38 bits per heavy atom. The largest absolute Gasteiger partial charge is 0.457 e. The maximum atomic E-state index is 12.6. The summed E-state index contributed by atoms with van der Waals surface area (Å²) in [6.45, 7) is 0. The van der Waals surface area contributed by atoms with Gasteiger partial charge >= 0.3 is 0 Å². The van der Waals surface area contributed by atoms with Crippen LogP contribution in [-0.4, -0.2) is 17.1 Å². The molecule has 3 aromatic carbocycles. The molecular weight excluding hydrogens is 400 g/mol. The van der Waals surface area contributed by atoms with E-state index in [1.54, 1.807) is 11.8 Å². The van der Waals surface area contributed by atoms with Gasteiger partial charge in [-0.3, -0.25) is 10.1 Å². The van der Waals surface area contributed by atoms with Crippen LogP contribution in [0.25, 0.3) is 11.3 Å². The number of anilines is 1. The Balaban J connectivity index is 1.45. The monoisotopic (exact) mass is 418 g/mol. The quantitative estimate of drug-likeness (QED) is 0.360. The van der Waals surface area contributed by atoms with Crippen LogP contribution in [0.5, 0.6) is 11.5 Å². The van der Waals surface area contributed by atoms with Crippen molar-refractivity contribution in [3.63, 3.8) is 0 Å². The lowest BCUT2D eigenvalue weighted by atomic mass is 10.2. The van der Waals surface area contributed by atoms with E-state index in [1.165, 1.54) is 11.3 Å². The highest BCUT2D eigenvalue weighted by atomic mass is 32.2. The van der Waals surface area contributed by atoms with Crippen LogP contribution in [0, 0.1) is 0 Å². The van der Waals surface area contributed by atoms with Crippen LogP contribution in [0.1, 0.15) is 10.4 Å². The third-order valence-corrected chi connectivity index (χ3v) is 5.76. The Bertz CT molecular complexity index is 1110. The maximum absolute atomic E-state index is 12.6. The standard InChI is InChI=1S/C23H18N2O2S2/c1-28-21-10-6-5-9-19(21)22(26)25-23-24-20(15-29-23)16-11-13-18(14-12-16)27-17-7-3-2-4-8-17/h2-15H,1H3,(H,24,25,26). The number of nitrogens with one attached hydrogen (secondary N) is 1. The van der Waals surface area contributed by atoms with Crippen molar-refractivity contribution in [3.8, 4) is 22.8 Å². The van der Waals surface area contributed by atoms with E-state index < -0.39 is 0 Å². The molecule has 0 aliphatic heterocycles. The fourth-order valence-corrected chi connectivity index (χ4v) is 4.09. The first kappa shape index (κ1) is 19.2. The van der Waals surface area contributed by atoms with E-state index in [2.05, 4.69) is 10.3 Å². The van der Waals surface area contributed by atoms with Crippen LogP contribution in [0.3, 0.4) is 0 Å². The third-order valence-electron chi connectivity index (χ3n) is 4.21. The van der Waals surface area contributed by atoms with Crippen molar-refractivity contribution < 1.29 is 9.53 Å². The molecule has 6 heteroatoms. The molecule has 1 heterocycles. The molecule has 0 bridgehead atoms. The van der Waals surface area contributed by atoms with Crippen LogP contribution >= 0.6 is 23.1 Å². The fourth-order valence-electron chi connectivity index (χ4n) is 2.78. The molecule has 1 N–H and O–H groups in total. The molecule has 0 spiro atoms. The fraction of sp³-hybridized carbons (Fsp3) is 0.0435.